The number of benzene rings is 3. The average molecular weight is 369 g/mol. The second-order valence-corrected chi connectivity index (χ2v) is 6.44. The summed E-state index contributed by atoms with van der Waals surface area (Å²) < 4.78 is 0. The molecule has 0 atom stereocenters. The Labute approximate surface area is 163 Å². The first kappa shape index (κ1) is 17.6. The highest BCUT2D eigenvalue weighted by Gasteiger charge is 2.20. The van der Waals surface area contributed by atoms with Gasteiger partial charge in [0.15, 0.2) is 0 Å². The van der Waals surface area contributed by atoms with Crippen LogP contribution < -0.4 is 15.5 Å². The number of nitrogens with zero attached hydrogens (tertiary/aromatic N) is 1. The lowest BCUT2D eigenvalue weighted by atomic mass is 10.0. The van der Waals surface area contributed by atoms with Gasteiger partial charge in [-0.25, -0.2) is 4.79 Å². The second kappa shape index (κ2) is 7.85. The molecule has 3 amide bonds. The first-order chi connectivity index (χ1) is 13.7. The van der Waals surface area contributed by atoms with E-state index in [0.717, 1.165) is 22.0 Å². The number of fused-ring (bicyclic) bond motifs is 1. The van der Waals surface area contributed by atoms with Crippen molar-refractivity contribution in [1.82, 2.24) is 10.6 Å². The van der Waals surface area contributed by atoms with E-state index in [4.69, 9.17) is 0 Å². The zero-order valence-electron chi connectivity index (χ0n) is 15.2. The fourth-order valence-corrected chi connectivity index (χ4v) is 3.23. The third-order valence-corrected chi connectivity index (χ3v) is 4.64. The minimum Gasteiger partial charge on any atom is -0.341 e. The molecule has 5 nitrogen and oxygen atoms in total. The Morgan fingerprint density at radius 2 is 1.82 bits per heavy atom. The van der Waals surface area contributed by atoms with Gasteiger partial charge < -0.3 is 10.6 Å². The predicted molar refractivity (Wildman–Crippen MR) is 110 cm³/mol. The van der Waals surface area contributed by atoms with Gasteiger partial charge in [0.25, 0.3) is 5.91 Å². The molecule has 0 bridgehead atoms. The molecule has 0 saturated carbocycles. The SMILES string of the molecule is O=C(NCC#Cc1ccc(N2CCNC2=O)cc1)c1cccc2ccccc12. The Hall–Kier alpha value is -3.78. The summed E-state index contributed by atoms with van der Waals surface area (Å²) in [5.74, 6) is 5.87. The van der Waals surface area contributed by atoms with Crippen LogP contribution in [-0.4, -0.2) is 31.6 Å². The summed E-state index contributed by atoms with van der Waals surface area (Å²) in [5.41, 5.74) is 2.33. The minimum atomic E-state index is -0.138. The number of urea groups is 1. The highest BCUT2D eigenvalue weighted by atomic mass is 16.2. The van der Waals surface area contributed by atoms with Crippen molar-refractivity contribution in [2.24, 2.45) is 0 Å². The molecule has 1 aliphatic rings. The topological polar surface area (TPSA) is 61.4 Å². The smallest absolute Gasteiger partial charge is 0.321 e. The van der Waals surface area contributed by atoms with Gasteiger partial charge in [-0.3, -0.25) is 9.69 Å². The molecule has 0 spiro atoms. The van der Waals surface area contributed by atoms with Crippen molar-refractivity contribution in [3.63, 3.8) is 0 Å². The van der Waals surface area contributed by atoms with E-state index in [0.29, 0.717) is 18.7 Å². The lowest BCUT2D eigenvalue weighted by molar-refractivity contribution is 0.0960. The summed E-state index contributed by atoms with van der Waals surface area (Å²) in [6.45, 7) is 1.60. The third-order valence-electron chi connectivity index (χ3n) is 4.64. The number of hydrogen-bond acceptors (Lipinski definition) is 2. The van der Waals surface area contributed by atoms with Gasteiger partial charge >= 0.3 is 6.03 Å². The number of amides is 3. The molecule has 1 aliphatic heterocycles. The molecule has 1 saturated heterocycles. The molecule has 1 fully saturated rings. The summed E-state index contributed by atoms with van der Waals surface area (Å²) in [6.07, 6.45) is 0. The quantitative estimate of drug-likeness (QED) is 0.697. The Morgan fingerprint density at radius 1 is 1.04 bits per heavy atom. The van der Waals surface area contributed by atoms with Crippen LogP contribution in [0.25, 0.3) is 10.8 Å². The van der Waals surface area contributed by atoms with Crippen LogP contribution in [0.5, 0.6) is 0 Å². The molecular weight excluding hydrogens is 350 g/mol. The number of anilines is 1. The monoisotopic (exact) mass is 369 g/mol. The van der Waals surface area contributed by atoms with Crippen LogP contribution in [0.2, 0.25) is 0 Å². The van der Waals surface area contributed by atoms with Gasteiger partial charge in [0.1, 0.15) is 0 Å². The zero-order chi connectivity index (χ0) is 19.3. The Morgan fingerprint density at radius 3 is 2.61 bits per heavy atom. The fourth-order valence-electron chi connectivity index (χ4n) is 3.23. The third kappa shape index (κ3) is 3.67. The fraction of sp³-hybridized carbons (Fsp3) is 0.130. The number of rotatable bonds is 3. The van der Waals surface area contributed by atoms with Crippen LogP contribution >= 0.6 is 0 Å². The molecule has 138 valence electrons. The highest BCUT2D eigenvalue weighted by molar-refractivity contribution is 6.07. The van der Waals surface area contributed by atoms with Gasteiger partial charge in [0.2, 0.25) is 0 Å². The first-order valence-electron chi connectivity index (χ1n) is 9.13. The maximum absolute atomic E-state index is 12.5. The predicted octanol–water partition coefficient (Wildman–Crippen LogP) is 3.15. The van der Waals surface area contributed by atoms with Gasteiger partial charge in [-0.2, -0.15) is 0 Å². The average Bonchev–Trinajstić information content (AvgIpc) is 3.17. The van der Waals surface area contributed by atoms with Crippen molar-refractivity contribution in [3.05, 3.63) is 77.9 Å². The zero-order valence-corrected chi connectivity index (χ0v) is 15.2. The highest BCUT2D eigenvalue weighted by Crippen LogP contribution is 2.18. The second-order valence-electron chi connectivity index (χ2n) is 6.44. The number of hydrogen-bond donors (Lipinski definition) is 2. The standard InChI is InChI=1S/C23H19N3O2/c27-22(21-9-3-7-18-6-1-2-8-20(18)21)24-14-4-5-17-10-12-19(13-11-17)26-16-15-25-23(26)28/h1-3,6-13H,14-16H2,(H,24,27)(H,25,28). The summed E-state index contributed by atoms with van der Waals surface area (Å²) in [7, 11) is 0. The van der Waals surface area contributed by atoms with Crippen molar-refractivity contribution >= 4 is 28.4 Å². The normalized spacial score (nSPS) is 13.0. The molecule has 0 aliphatic carbocycles. The van der Waals surface area contributed by atoms with Crippen LogP contribution in [0.3, 0.4) is 0 Å². The Bertz CT molecular complexity index is 1090. The molecule has 3 aromatic rings. The number of carbonyl (C=O) groups excluding carboxylic acids is 2. The van der Waals surface area contributed by atoms with Crippen molar-refractivity contribution in [2.45, 2.75) is 0 Å². The summed E-state index contributed by atoms with van der Waals surface area (Å²) in [6, 6.07) is 20.9. The van der Waals surface area contributed by atoms with Gasteiger partial charge in [-0.1, -0.05) is 48.2 Å². The van der Waals surface area contributed by atoms with Gasteiger partial charge in [-0.15, -0.1) is 0 Å². The molecule has 0 aromatic heterocycles. The van der Waals surface area contributed by atoms with E-state index in [1.807, 2.05) is 66.7 Å². The van der Waals surface area contributed by atoms with E-state index in [-0.39, 0.29) is 18.5 Å². The van der Waals surface area contributed by atoms with E-state index in [2.05, 4.69) is 22.5 Å². The van der Waals surface area contributed by atoms with Crippen LogP contribution in [0.4, 0.5) is 10.5 Å². The maximum Gasteiger partial charge on any atom is 0.321 e. The Kier molecular flexibility index (Phi) is 4.94. The molecule has 4 rings (SSSR count). The van der Waals surface area contributed by atoms with Crippen LogP contribution in [-0.2, 0) is 0 Å². The lowest BCUT2D eigenvalue weighted by Gasteiger charge is -2.13. The molecule has 2 N–H and O–H groups in total. The molecule has 3 aromatic carbocycles. The van der Waals surface area contributed by atoms with Crippen molar-refractivity contribution in [1.29, 1.82) is 0 Å². The van der Waals surface area contributed by atoms with E-state index in [1.54, 1.807) is 4.90 Å². The van der Waals surface area contributed by atoms with E-state index >= 15 is 0 Å². The summed E-state index contributed by atoms with van der Waals surface area (Å²) >= 11 is 0. The van der Waals surface area contributed by atoms with Crippen LogP contribution in [0.15, 0.2) is 66.7 Å². The van der Waals surface area contributed by atoms with E-state index in [1.165, 1.54) is 0 Å². The van der Waals surface area contributed by atoms with E-state index in [9.17, 15) is 9.59 Å². The first-order valence-corrected chi connectivity index (χ1v) is 9.13. The van der Waals surface area contributed by atoms with Crippen molar-refractivity contribution < 1.29 is 9.59 Å². The van der Waals surface area contributed by atoms with Gasteiger partial charge in [0.05, 0.1) is 6.54 Å². The molecule has 28 heavy (non-hydrogen) atoms. The van der Waals surface area contributed by atoms with Gasteiger partial charge in [0, 0.05) is 29.9 Å². The molecule has 0 unspecified atom stereocenters. The minimum absolute atomic E-state index is 0.0741. The summed E-state index contributed by atoms with van der Waals surface area (Å²) in [4.78, 5) is 25.8. The lowest BCUT2D eigenvalue weighted by Crippen LogP contribution is -2.27. The van der Waals surface area contributed by atoms with Crippen molar-refractivity contribution in [2.75, 3.05) is 24.5 Å². The Balaban J connectivity index is 1.38. The van der Waals surface area contributed by atoms with Crippen molar-refractivity contribution in [3.8, 4) is 11.8 Å². The van der Waals surface area contributed by atoms with E-state index < -0.39 is 0 Å². The molecule has 1 heterocycles. The van der Waals surface area contributed by atoms with Gasteiger partial charge in [-0.05, 0) is 41.1 Å². The molecular formula is C23H19N3O2. The summed E-state index contributed by atoms with van der Waals surface area (Å²) in [5, 5.41) is 7.59. The van der Waals surface area contributed by atoms with Crippen LogP contribution in [0.1, 0.15) is 15.9 Å². The molecule has 5 heteroatoms. The number of carbonyl (C=O) groups is 2. The largest absolute Gasteiger partial charge is 0.341 e. The van der Waals surface area contributed by atoms with Crippen LogP contribution in [0, 0.1) is 11.8 Å². The number of nitrogens with one attached hydrogen (secondary N) is 2. The molecule has 0 radical (unpaired) electrons. The maximum atomic E-state index is 12.5.